The van der Waals surface area contributed by atoms with Crippen LogP contribution in [0.4, 0.5) is 8.78 Å². The average molecular weight is 515 g/mol. The van der Waals surface area contributed by atoms with Gasteiger partial charge in [-0.3, -0.25) is 0 Å². The number of halogens is 3. The SMILES string of the molecule is CCOP(=S)(OCC)C(F)(F)[C@@H]1[C@H]2OC(C)(C)O[C@H]2O[C@@H]1COC(=O)c1ccc(Cl)cc1. The summed E-state index contributed by atoms with van der Waals surface area (Å²) in [5.74, 6) is -3.45. The molecule has 0 N–H and O–H groups in total. The lowest BCUT2D eigenvalue weighted by molar-refractivity contribution is -0.221. The number of fused-ring (bicyclic) bond motifs is 1. The number of esters is 1. The van der Waals surface area contributed by atoms with Crippen molar-refractivity contribution in [1.82, 2.24) is 0 Å². The number of ether oxygens (including phenoxy) is 4. The van der Waals surface area contributed by atoms with E-state index in [1.54, 1.807) is 27.7 Å². The van der Waals surface area contributed by atoms with Gasteiger partial charge in [-0.25, -0.2) is 4.79 Å². The van der Waals surface area contributed by atoms with Crippen LogP contribution in [0.3, 0.4) is 0 Å². The van der Waals surface area contributed by atoms with Crippen LogP contribution >= 0.6 is 18.1 Å². The van der Waals surface area contributed by atoms with Crippen molar-refractivity contribution >= 4 is 35.9 Å². The molecule has 2 heterocycles. The number of hydrogen-bond donors (Lipinski definition) is 0. The highest BCUT2D eigenvalue weighted by Gasteiger charge is 2.68. The van der Waals surface area contributed by atoms with E-state index in [0.29, 0.717) is 5.02 Å². The summed E-state index contributed by atoms with van der Waals surface area (Å²) in [6, 6.07) is 5.99. The van der Waals surface area contributed by atoms with Gasteiger partial charge in [0, 0.05) is 5.02 Å². The van der Waals surface area contributed by atoms with Gasteiger partial charge in [-0.15, -0.1) is 0 Å². The minimum atomic E-state index is -4.08. The maximum atomic E-state index is 15.9. The summed E-state index contributed by atoms with van der Waals surface area (Å²) in [5.41, 5.74) is -3.42. The molecule has 2 saturated heterocycles. The zero-order chi connectivity index (χ0) is 23.7. The van der Waals surface area contributed by atoms with Crippen LogP contribution in [0.5, 0.6) is 0 Å². The van der Waals surface area contributed by atoms with E-state index in [0.717, 1.165) is 0 Å². The number of benzene rings is 1. The lowest BCUT2D eigenvalue weighted by Crippen LogP contribution is -2.45. The molecule has 0 amide bonds. The Balaban J connectivity index is 1.85. The van der Waals surface area contributed by atoms with Crippen molar-refractivity contribution < 1.29 is 41.6 Å². The second-order valence-electron chi connectivity index (χ2n) is 7.70. The molecule has 0 radical (unpaired) electrons. The molecule has 0 unspecified atom stereocenters. The third kappa shape index (κ3) is 5.18. The fourth-order valence-electron chi connectivity index (χ4n) is 3.70. The van der Waals surface area contributed by atoms with Crippen molar-refractivity contribution in [3.8, 4) is 0 Å². The van der Waals surface area contributed by atoms with E-state index in [2.05, 4.69) is 0 Å². The van der Waals surface area contributed by atoms with Gasteiger partial charge in [-0.1, -0.05) is 11.6 Å². The van der Waals surface area contributed by atoms with Gasteiger partial charge in [-0.05, 0) is 63.8 Å². The largest absolute Gasteiger partial charge is 0.459 e. The third-order valence-corrected chi connectivity index (χ3v) is 8.81. The topological polar surface area (TPSA) is 72.5 Å². The Bertz CT molecular complexity index is 860. The summed E-state index contributed by atoms with van der Waals surface area (Å²) in [4.78, 5) is 12.4. The fourth-order valence-corrected chi connectivity index (χ4v) is 6.60. The predicted molar refractivity (Wildman–Crippen MR) is 116 cm³/mol. The highest BCUT2D eigenvalue weighted by atomic mass is 35.5. The van der Waals surface area contributed by atoms with Crippen molar-refractivity contribution in [2.24, 2.45) is 5.92 Å². The first kappa shape index (κ1) is 25.9. The van der Waals surface area contributed by atoms with E-state index >= 15 is 8.78 Å². The van der Waals surface area contributed by atoms with E-state index in [9.17, 15) is 4.79 Å². The molecule has 0 aromatic heterocycles. The first-order valence-electron chi connectivity index (χ1n) is 10.1. The van der Waals surface area contributed by atoms with E-state index in [1.807, 2.05) is 0 Å². The first-order valence-corrected chi connectivity index (χ1v) is 13.2. The predicted octanol–water partition coefficient (Wildman–Crippen LogP) is 4.96. The second-order valence-corrected chi connectivity index (χ2v) is 11.7. The van der Waals surface area contributed by atoms with Gasteiger partial charge in [0.2, 0.25) is 0 Å². The third-order valence-electron chi connectivity index (χ3n) is 4.97. The van der Waals surface area contributed by atoms with Crippen LogP contribution in [-0.4, -0.2) is 55.7 Å². The highest BCUT2D eigenvalue weighted by molar-refractivity contribution is 8.10. The molecular formula is C20H26ClF2O7PS. The average Bonchev–Trinajstić information content (AvgIpc) is 3.18. The van der Waals surface area contributed by atoms with Gasteiger partial charge in [-0.2, -0.15) is 8.78 Å². The maximum absolute atomic E-state index is 15.9. The fraction of sp³-hybridized carbons (Fsp3) is 0.650. The number of carbonyl (C=O) groups is 1. The smallest absolute Gasteiger partial charge is 0.338 e. The van der Waals surface area contributed by atoms with Crippen molar-refractivity contribution in [2.75, 3.05) is 19.8 Å². The zero-order valence-corrected chi connectivity index (χ0v) is 20.6. The number of alkyl halides is 2. The standard InChI is InChI=1S/C20H26ClF2O7PS/c1-5-26-31(32,27-6-2)20(22,23)15-14(28-18-16(15)29-19(3,4)30-18)11-25-17(24)12-7-9-13(21)10-8-12/h7-10,14-16,18H,5-6,11H2,1-4H3/t14-,15+,16-,18-/m1/s1. The van der Waals surface area contributed by atoms with Crippen LogP contribution in [0.15, 0.2) is 24.3 Å². The molecule has 2 aliphatic heterocycles. The minimum absolute atomic E-state index is 0.0480. The molecule has 0 spiro atoms. The normalized spacial score (nSPS) is 27.3. The number of carbonyl (C=O) groups excluding carboxylic acids is 1. The molecule has 1 aromatic rings. The quantitative estimate of drug-likeness (QED) is 0.338. The molecule has 4 atom stereocenters. The molecule has 7 nitrogen and oxygen atoms in total. The molecule has 2 aliphatic rings. The Morgan fingerprint density at radius 1 is 1.19 bits per heavy atom. The van der Waals surface area contributed by atoms with E-state index < -0.39 is 54.9 Å². The highest BCUT2D eigenvalue weighted by Crippen LogP contribution is 2.68. The van der Waals surface area contributed by atoms with Crippen LogP contribution in [0.25, 0.3) is 0 Å². The van der Waals surface area contributed by atoms with Crippen molar-refractivity contribution in [1.29, 1.82) is 0 Å². The number of hydrogen-bond acceptors (Lipinski definition) is 8. The lowest BCUT2D eigenvalue weighted by atomic mass is 9.99. The first-order chi connectivity index (χ1) is 14.9. The van der Waals surface area contributed by atoms with Crippen molar-refractivity contribution in [3.05, 3.63) is 34.9 Å². The minimum Gasteiger partial charge on any atom is -0.459 e. The van der Waals surface area contributed by atoms with Crippen LogP contribution in [-0.2, 0) is 39.8 Å². The van der Waals surface area contributed by atoms with Crippen LogP contribution in [0.2, 0.25) is 5.02 Å². The summed E-state index contributed by atoms with van der Waals surface area (Å²) < 4.78 is 64.7. The van der Waals surface area contributed by atoms with Gasteiger partial charge < -0.3 is 28.0 Å². The Labute approximate surface area is 195 Å². The molecule has 12 heteroatoms. The molecule has 2 fully saturated rings. The van der Waals surface area contributed by atoms with Crippen molar-refractivity contribution in [2.45, 2.75) is 57.6 Å². The number of rotatable bonds is 9. The zero-order valence-electron chi connectivity index (χ0n) is 18.1. The molecular weight excluding hydrogens is 489 g/mol. The molecule has 0 aliphatic carbocycles. The molecule has 1 aromatic carbocycles. The summed E-state index contributed by atoms with van der Waals surface area (Å²) in [6.07, 6.45) is -3.48. The molecule has 3 rings (SSSR count). The van der Waals surface area contributed by atoms with Gasteiger partial charge in [0.15, 0.2) is 12.1 Å². The van der Waals surface area contributed by atoms with E-state index in [1.165, 1.54) is 24.3 Å². The Morgan fingerprint density at radius 3 is 2.34 bits per heavy atom. The van der Waals surface area contributed by atoms with Gasteiger partial charge in [0.25, 0.3) is 6.49 Å². The van der Waals surface area contributed by atoms with Crippen LogP contribution < -0.4 is 0 Å². The Kier molecular flexibility index (Phi) is 8.00. The summed E-state index contributed by atoms with van der Waals surface area (Å²) in [6.45, 7) is 1.68. The van der Waals surface area contributed by atoms with Gasteiger partial charge in [0.05, 0.1) is 24.7 Å². The van der Waals surface area contributed by atoms with E-state index in [4.69, 9.17) is 51.4 Å². The molecule has 0 saturated carbocycles. The molecule has 32 heavy (non-hydrogen) atoms. The summed E-state index contributed by atoms with van der Waals surface area (Å²) in [5, 5.41) is 0.447. The van der Waals surface area contributed by atoms with Crippen molar-refractivity contribution in [3.63, 3.8) is 0 Å². The van der Waals surface area contributed by atoms with E-state index in [-0.39, 0.29) is 18.8 Å². The molecule has 180 valence electrons. The monoisotopic (exact) mass is 514 g/mol. The second kappa shape index (κ2) is 9.88. The lowest BCUT2D eigenvalue weighted by Gasteiger charge is -2.37. The van der Waals surface area contributed by atoms with Crippen LogP contribution in [0, 0.1) is 5.92 Å². The molecule has 0 bridgehead atoms. The Hall–Kier alpha value is -0.710. The Morgan fingerprint density at radius 2 is 1.78 bits per heavy atom. The van der Waals surface area contributed by atoms with Crippen LogP contribution in [0.1, 0.15) is 38.1 Å². The summed E-state index contributed by atoms with van der Waals surface area (Å²) in [7, 11) is 0. The van der Waals surface area contributed by atoms with Gasteiger partial charge in [0.1, 0.15) is 18.8 Å². The van der Waals surface area contributed by atoms with Gasteiger partial charge >= 0.3 is 11.6 Å². The summed E-state index contributed by atoms with van der Waals surface area (Å²) >= 11 is 11.0. The maximum Gasteiger partial charge on any atom is 0.338 e.